The Morgan fingerprint density at radius 3 is 2.88 bits per heavy atom. The Balaban J connectivity index is 2.11. The van der Waals surface area contributed by atoms with Crippen LogP contribution in [-0.2, 0) is 20.7 Å². The molecule has 1 aromatic rings. The van der Waals surface area contributed by atoms with Gasteiger partial charge in [0.15, 0.2) is 0 Å². The molecule has 1 aromatic carbocycles. The van der Waals surface area contributed by atoms with Gasteiger partial charge < -0.3 is 9.84 Å². The Morgan fingerprint density at radius 2 is 2.12 bits per heavy atom. The topological polar surface area (TPSA) is 63.6 Å². The number of carbonyl (C=O) groups is 2. The van der Waals surface area contributed by atoms with Crippen molar-refractivity contribution < 1.29 is 19.4 Å². The molecule has 0 unspecified atom stereocenters. The quantitative estimate of drug-likeness (QED) is 0.739. The van der Waals surface area contributed by atoms with Crippen molar-refractivity contribution in [3.63, 3.8) is 0 Å². The molecular weight excluding hydrogens is 220 g/mol. The van der Waals surface area contributed by atoms with Crippen LogP contribution in [0.15, 0.2) is 24.3 Å². The lowest BCUT2D eigenvalue weighted by Gasteiger charge is -2.30. The molecule has 0 bridgehead atoms. The zero-order valence-corrected chi connectivity index (χ0v) is 9.13. The largest absolute Gasteiger partial charge is 0.481 e. The standard InChI is InChI=1S/C13H12O4/c14-12(15)11-8-4-2-1-3-7(8)5-9-10(11)6-17-13(9)16/h1-4,9-11H,5-6H2,(H,14,15)/t9-,10-,11-/m0/s1. The highest BCUT2D eigenvalue weighted by Gasteiger charge is 2.48. The zero-order valence-electron chi connectivity index (χ0n) is 9.13. The lowest BCUT2D eigenvalue weighted by molar-refractivity contribution is -0.141. The third-order valence-corrected chi connectivity index (χ3v) is 3.76. The Labute approximate surface area is 98.2 Å². The zero-order chi connectivity index (χ0) is 12.0. The molecule has 4 nitrogen and oxygen atoms in total. The van der Waals surface area contributed by atoms with E-state index in [1.165, 1.54) is 0 Å². The lowest BCUT2D eigenvalue weighted by Crippen LogP contribution is -2.34. The van der Waals surface area contributed by atoms with Crippen molar-refractivity contribution >= 4 is 11.9 Å². The maximum atomic E-state index is 11.6. The van der Waals surface area contributed by atoms with Gasteiger partial charge in [-0.1, -0.05) is 24.3 Å². The number of carboxylic acid groups (broad SMARTS) is 1. The summed E-state index contributed by atoms with van der Waals surface area (Å²) in [6.07, 6.45) is 0.601. The van der Waals surface area contributed by atoms with Crippen LogP contribution in [0.25, 0.3) is 0 Å². The van der Waals surface area contributed by atoms with E-state index in [1.807, 2.05) is 24.3 Å². The van der Waals surface area contributed by atoms with Crippen molar-refractivity contribution in [3.8, 4) is 0 Å². The van der Waals surface area contributed by atoms with Gasteiger partial charge in [0, 0.05) is 5.92 Å². The summed E-state index contributed by atoms with van der Waals surface area (Å²) in [5.74, 6) is -2.24. The summed E-state index contributed by atoms with van der Waals surface area (Å²) < 4.78 is 5.01. The summed E-state index contributed by atoms with van der Waals surface area (Å²) in [7, 11) is 0. The molecule has 17 heavy (non-hydrogen) atoms. The number of hydrogen-bond donors (Lipinski definition) is 1. The minimum atomic E-state index is -0.870. The monoisotopic (exact) mass is 232 g/mol. The highest BCUT2D eigenvalue weighted by atomic mass is 16.5. The molecule has 0 spiro atoms. The second kappa shape index (κ2) is 3.58. The number of carboxylic acids is 1. The van der Waals surface area contributed by atoms with Crippen LogP contribution in [0.3, 0.4) is 0 Å². The number of benzene rings is 1. The van der Waals surface area contributed by atoms with Crippen molar-refractivity contribution in [1.29, 1.82) is 0 Å². The van der Waals surface area contributed by atoms with Gasteiger partial charge in [-0.3, -0.25) is 9.59 Å². The predicted molar refractivity (Wildman–Crippen MR) is 58.5 cm³/mol. The molecule has 0 amide bonds. The summed E-state index contributed by atoms with van der Waals surface area (Å²) in [5, 5.41) is 9.35. The Hall–Kier alpha value is -1.84. The highest BCUT2D eigenvalue weighted by Crippen LogP contribution is 2.43. The molecule has 0 radical (unpaired) electrons. The summed E-state index contributed by atoms with van der Waals surface area (Å²) >= 11 is 0. The van der Waals surface area contributed by atoms with Gasteiger partial charge in [0.05, 0.1) is 18.4 Å². The third kappa shape index (κ3) is 1.44. The van der Waals surface area contributed by atoms with Gasteiger partial charge in [0.25, 0.3) is 0 Å². The van der Waals surface area contributed by atoms with E-state index in [-0.39, 0.29) is 24.4 Å². The van der Waals surface area contributed by atoms with Crippen molar-refractivity contribution in [2.45, 2.75) is 12.3 Å². The van der Waals surface area contributed by atoms with Crippen LogP contribution < -0.4 is 0 Å². The van der Waals surface area contributed by atoms with E-state index >= 15 is 0 Å². The summed E-state index contributed by atoms with van der Waals surface area (Å²) in [6, 6.07) is 7.45. The number of ether oxygens (including phenoxy) is 1. The fourth-order valence-electron chi connectivity index (χ4n) is 2.95. The number of aliphatic carboxylic acids is 1. The van der Waals surface area contributed by atoms with Gasteiger partial charge >= 0.3 is 11.9 Å². The predicted octanol–water partition coefficient (Wildman–Crippen LogP) is 1.20. The Bertz CT molecular complexity index is 494. The van der Waals surface area contributed by atoms with Crippen molar-refractivity contribution in [1.82, 2.24) is 0 Å². The van der Waals surface area contributed by atoms with Gasteiger partial charge in [0.1, 0.15) is 0 Å². The molecule has 3 rings (SSSR count). The van der Waals surface area contributed by atoms with Crippen LogP contribution in [0.1, 0.15) is 17.0 Å². The number of carbonyl (C=O) groups excluding carboxylic acids is 1. The molecule has 1 aliphatic carbocycles. The maximum absolute atomic E-state index is 11.6. The molecule has 1 N–H and O–H groups in total. The molecule has 88 valence electrons. The molecule has 3 atom stereocenters. The second-order valence-corrected chi connectivity index (χ2v) is 4.62. The van der Waals surface area contributed by atoms with E-state index < -0.39 is 11.9 Å². The normalized spacial score (nSPS) is 30.4. The van der Waals surface area contributed by atoms with Crippen LogP contribution in [0.2, 0.25) is 0 Å². The average molecular weight is 232 g/mol. The maximum Gasteiger partial charge on any atom is 0.311 e. The van der Waals surface area contributed by atoms with Gasteiger partial charge in [-0.05, 0) is 17.5 Å². The average Bonchev–Trinajstić information content (AvgIpc) is 2.67. The number of esters is 1. The van der Waals surface area contributed by atoms with E-state index in [4.69, 9.17) is 4.74 Å². The fraction of sp³-hybridized carbons (Fsp3) is 0.385. The minimum Gasteiger partial charge on any atom is -0.481 e. The molecular formula is C13H12O4. The van der Waals surface area contributed by atoms with Crippen LogP contribution >= 0.6 is 0 Å². The first-order valence-electron chi connectivity index (χ1n) is 5.65. The van der Waals surface area contributed by atoms with Crippen molar-refractivity contribution in [3.05, 3.63) is 35.4 Å². The lowest BCUT2D eigenvalue weighted by atomic mass is 9.70. The first kappa shape index (κ1) is 10.3. The van der Waals surface area contributed by atoms with Gasteiger partial charge in [-0.2, -0.15) is 0 Å². The highest BCUT2D eigenvalue weighted by molar-refractivity contribution is 5.83. The molecule has 1 saturated heterocycles. The van der Waals surface area contributed by atoms with Crippen molar-refractivity contribution in [2.24, 2.45) is 11.8 Å². The molecule has 2 aliphatic rings. The van der Waals surface area contributed by atoms with Crippen LogP contribution in [0, 0.1) is 11.8 Å². The first-order chi connectivity index (χ1) is 8.18. The van der Waals surface area contributed by atoms with Gasteiger partial charge in [-0.15, -0.1) is 0 Å². The summed E-state index contributed by atoms with van der Waals surface area (Å²) in [4.78, 5) is 23.0. The van der Waals surface area contributed by atoms with Crippen LogP contribution in [-0.4, -0.2) is 23.7 Å². The van der Waals surface area contributed by atoms with Crippen molar-refractivity contribution in [2.75, 3.05) is 6.61 Å². The molecule has 4 heteroatoms. The van der Waals surface area contributed by atoms with Crippen LogP contribution in [0.5, 0.6) is 0 Å². The smallest absolute Gasteiger partial charge is 0.311 e. The van der Waals surface area contributed by atoms with E-state index in [1.54, 1.807) is 0 Å². The fourth-order valence-corrected chi connectivity index (χ4v) is 2.95. The Kier molecular flexibility index (Phi) is 2.18. The number of rotatable bonds is 1. The molecule has 1 fully saturated rings. The van der Waals surface area contributed by atoms with Gasteiger partial charge in [0.2, 0.25) is 0 Å². The third-order valence-electron chi connectivity index (χ3n) is 3.76. The van der Waals surface area contributed by atoms with Crippen LogP contribution in [0.4, 0.5) is 0 Å². The second-order valence-electron chi connectivity index (χ2n) is 4.62. The first-order valence-corrected chi connectivity index (χ1v) is 5.65. The molecule has 1 aliphatic heterocycles. The SMILES string of the molecule is O=C1OC[C@H]2[C@@H]1Cc1ccccc1[C@@H]2C(=O)O. The summed E-state index contributed by atoms with van der Waals surface area (Å²) in [6.45, 7) is 0.231. The summed E-state index contributed by atoms with van der Waals surface area (Å²) in [5.41, 5.74) is 1.79. The van der Waals surface area contributed by atoms with E-state index in [0.717, 1.165) is 11.1 Å². The molecule has 1 heterocycles. The molecule has 0 aromatic heterocycles. The minimum absolute atomic E-state index is 0.213. The number of hydrogen-bond acceptors (Lipinski definition) is 3. The Morgan fingerprint density at radius 1 is 1.35 bits per heavy atom. The van der Waals surface area contributed by atoms with Gasteiger partial charge in [-0.25, -0.2) is 0 Å². The van der Waals surface area contributed by atoms with E-state index in [0.29, 0.717) is 6.42 Å². The molecule has 0 saturated carbocycles. The van der Waals surface area contributed by atoms with E-state index in [9.17, 15) is 14.7 Å². The number of fused-ring (bicyclic) bond motifs is 2. The number of cyclic esters (lactones) is 1. The van der Waals surface area contributed by atoms with E-state index in [2.05, 4.69) is 0 Å².